The van der Waals surface area contributed by atoms with Gasteiger partial charge < -0.3 is 13.9 Å². The first kappa shape index (κ1) is 21.3. The predicted octanol–water partition coefficient (Wildman–Crippen LogP) is 0.688. The van der Waals surface area contributed by atoms with Crippen LogP contribution in [0.4, 0.5) is 0 Å². The molecule has 3 heterocycles. The Balaban J connectivity index is 1.75. The molecule has 3 aromatic heterocycles. The Kier molecular flexibility index (Phi) is 5.77. The Morgan fingerprint density at radius 3 is 2.50 bits per heavy atom. The number of esters is 1. The highest BCUT2D eigenvalue weighted by molar-refractivity contribution is 5.99. The van der Waals surface area contributed by atoms with Gasteiger partial charge in [-0.2, -0.15) is 0 Å². The summed E-state index contributed by atoms with van der Waals surface area (Å²) in [4.78, 5) is 53.3. The molecule has 0 saturated carbocycles. The number of hydrogen-bond donors (Lipinski definition) is 0. The fraction of sp³-hybridized carbons (Fsp3) is 0.450. The second kappa shape index (κ2) is 8.13. The zero-order chi connectivity index (χ0) is 22.2. The number of aromatic nitrogens is 5. The van der Waals surface area contributed by atoms with E-state index in [0.29, 0.717) is 5.56 Å². The van der Waals surface area contributed by atoms with Crippen molar-refractivity contribution < 1.29 is 14.3 Å². The van der Waals surface area contributed by atoms with Crippen molar-refractivity contribution in [1.82, 2.24) is 23.3 Å². The topological polar surface area (TPSA) is 110 Å². The third-order valence-electron chi connectivity index (χ3n) is 5.20. The zero-order valence-corrected chi connectivity index (χ0v) is 17.8. The van der Waals surface area contributed by atoms with Crippen molar-refractivity contribution in [2.24, 2.45) is 14.1 Å². The van der Waals surface area contributed by atoms with Crippen LogP contribution in [0.3, 0.4) is 0 Å². The highest BCUT2D eigenvalue weighted by Gasteiger charge is 2.19. The van der Waals surface area contributed by atoms with Crippen LogP contribution in [0.2, 0.25) is 0 Å². The number of hydrogen-bond acceptors (Lipinski definition) is 6. The minimum absolute atomic E-state index is 0.117. The van der Waals surface area contributed by atoms with E-state index < -0.39 is 23.8 Å². The summed E-state index contributed by atoms with van der Waals surface area (Å²) in [6.07, 6.45) is 2.25. The monoisotopic (exact) mass is 415 g/mol. The van der Waals surface area contributed by atoms with Crippen LogP contribution in [-0.2, 0) is 36.7 Å². The van der Waals surface area contributed by atoms with Gasteiger partial charge >= 0.3 is 11.7 Å². The summed E-state index contributed by atoms with van der Waals surface area (Å²) in [6, 6.07) is 1.80. The van der Waals surface area contributed by atoms with Crippen LogP contribution in [0.1, 0.15) is 35.1 Å². The van der Waals surface area contributed by atoms with E-state index in [4.69, 9.17) is 4.74 Å². The molecule has 10 heteroatoms. The Bertz CT molecular complexity index is 1260. The van der Waals surface area contributed by atoms with E-state index in [1.54, 1.807) is 6.07 Å². The van der Waals surface area contributed by atoms with Crippen LogP contribution in [-0.4, -0.2) is 41.6 Å². The van der Waals surface area contributed by atoms with Crippen LogP contribution in [0.5, 0.6) is 0 Å². The van der Waals surface area contributed by atoms with E-state index in [1.807, 2.05) is 13.8 Å². The molecule has 3 aromatic rings. The number of rotatable bonds is 7. The number of ketones is 1. The summed E-state index contributed by atoms with van der Waals surface area (Å²) in [5, 5.41) is 0. The summed E-state index contributed by atoms with van der Waals surface area (Å²) in [7, 11) is 2.85. The summed E-state index contributed by atoms with van der Waals surface area (Å²) < 4.78 is 10.7. The first-order valence-electron chi connectivity index (χ1n) is 9.63. The third-order valence-corrected chi connectivity index (χ3v) is 5.20. The number of aryl methyl sites for hydroxylation is 2. The van der Waals surface area contributed by atoms with Crippen molar-refractivity contribution in [2.45, 2.75) is 40.3 Å². The van der Waals surface area contributed by atoms with Crippen LogP contribution in [0.25, 0.3) is 11.2 Å². The molecule has 0 saturated heterocycles. The van der Waals surface area contributed by atoms with Crippen molar-refractivity contribution in [2.75, 3.05) is 6.61 Å². The fourth-order valence-electron chi connectivity index (χ4n) is 3.58. The van der Waals surface area contributed by atoms with Gasteiger partial charge in [-0.1, -0.05) is 6.92 Å². The quantitative estimate of drug-likeness (QED) is 0.415. The fourth-order valence-corrected chi connectivity index (χ4v) is 3.58. The van der Waals surface area contributed by atoms with Crippen LogP contribution in [0.15, 0.2) is 22.0 Å². The first-order valence-corrected chi connectivity index (χ1v) is 9.63. The van der Waals surface area contributed by atoms with Gasteiger partial charge in [-0.25, -0.2) is 9.78 Å². The molecule has 0 radical (unpaired) electrons. The van der Waals surface area contributed by atoms with Crippen molar-refractivity contribution in [3.8, 4) is 0 Å². The van der Waals surface area contributed by atoms with Crippen LogP contribution < -0.4 is 11.2 Å². The lowest BCUT2D eigenvalue weighted by atomic mass is 10.1. The molecule has 0 amide bonds. The van der Waals surface area contributed by atoms with Crippen molar-refractivity contribution in [3.63, 3.8) is 0 Å². The van der Waals surface area contributed by atoms with Gasteiger partial charge in [0.1, 0.15) is 6.54 Å². The Morgan fingerprint density at radius 1 is 1.13 bits per heavy atom. The number of carbonyl (C=O) groups excluding carboxylic acids is 2. The van der Waals surface area contributed by atoms with Gasteiger partial charge in [-0.15, -0.1) is 0 Å². The lowest BCUT2D eigenvalue weighted by Crippen LogP contribution is -2.37. The molecule has 0 aliphatic heterocycles. The maximum absolute atomic E-state index is 12.5. The molecule has 160 valence electrons. The average molecular weight is 415 g/mol. The Morgan fingerprint density at radius 2 is 1.83 bits per heavy atom. The Hall–Kier alpha value is -3.43. The molecule has 30 heavy (non-hydrogen) atoms. The molecule has 0 spiro atoms. The van der Waals surface area contributed by atoms with Crippen LogP contribution in [0, 0.1) is 13.8 Å². The second-order valence-electron chi connectivity index (χ2n) is 7.27. The van der Waals surface area contributed by atoms with Gasteiger partial charge in [0.2, 0.25) is 5.78 Å². The van der Waals surface area contributed by atoms with Gasteiger partial charge in [0.15, 0.2) is 17.8 Å². The van der Waals surface area contributed by atoms with Crippen LogP contribution >= 0.6 is 0 Å². The van der Waals surface area contributed by atoms with Crippen molar-refractivity contribution >= 4 is 22.9 Å². The van der Waals surface area contributed by atoms with Gasteiger partial charge in [0.25, 0.3) is 5.56 Å². The molecule has 0 aliphatic rings. The number of nitrogens with zero attached hydrogens (tertiary/aromatic N) is 5. The first-order chi connectivity index (χ1) is 14.2. The summed E-state index contributed by atoms with van der Waals surface area (Å²) in [6.45, 7) is 5.99. The summed E-state index contributed by atoms with van der Waals surface area (Å²) >= 11 is 0. The van der Waals surface area contributed by atoms with E-state index in [-0.39, 0.29) is 23.5 Å². The maximum Gasteiger partial charge on any atom is 0.332 e. The SMILES string of the molecule is CCCn1c(C)cc(C(=O)COC(=O)Cn2cnc3c2c(=O)n(C)c(=O)n3C)c1C. The van der Waals surface area contributed by atoms with Crippen molar-refractivity contribution in [1.29, 1.82) is 0 Å². The molecule has 0 unspecified atom stereocenters. The highest BCUT2D eigenvalue weighted by atomic mass is 16.5. The number of Topliss-reactive ketones (excluding diaryl/α,β-unsaturated/α-hetero) is 1. The normalized spacial score (nSPS) is 11.2. The minimum atomic E-state index is -0.680. The largest absolute Gasteiger partial charge is 0.456 e. The molecule has 3 rings (SSSR count). The van der Waals surface area contributed by atoms with E-state index >= 15 is 0 Å². The second-order valence-corrected chi connectivity index (χ2v) is 7.27. The minimum Gasteiger partial charge on any atom is -0.456 e. The molecule has 0 atom stereocenters. The molecule has 0 aliphatic carbocycles. The Labute approximate surface area is 172 Å². The molecular formula is C20H25N5O5. The zero-order valence-electron chi connectivity index (χ0n) is 17.8. The van der Waals surface area contributed by atoms with Gasteiger partial charge in [0.05, 0.1) is 6.33 Å². The highest BCUT2D eigenvalue weighted by Crippen LogP contribution is 2.16. The lowest BCUT2D eigenvalue weighted by Gasteiger charge is -2.08. The van der Waals surface area contributed by atoms with E-state index in [1.165, 1.54) is 29.6 Å². The van der Waals surface area contributed by atoms with Crippen molar-refractivity contribution in [3.05, 3.63) is 50.2 Å². The van der Waals surface area contributed by atoms with E-state index in [9.17, 15) is 19.2 Å². The number of ether oxygens (including phenoxy) is 1. The van der Waals surface area contributed by atoms with E-state index in [0.717, 1.165) is 28.9 Å². The molecule has 0 fully saturated rings. The molecule has 0 N–H and O–H groups in total. The number of carbonyl (C=O) groups is 2. The maximum atomic E-state index is 12.5. The molecule has 10 nitrogen and oxygen atoms in total. The summed E-state index contributed by atoms with van der Waals surface area (Å²) in [5.41, 5.74) is 1.59. The lowest BCUT2D eigenvalue weighted by molar-refractivity contribution is -0.143. The predicted molar refractivity (Wildman–Crippen MR) is 110 cm³/mol. The standard InChI is InChI=1S/C20H25N5O5/c1-6-7-25-12(2)8-14(13(25)3)15(26)10-30-16(27)9-24-11-21-18-17(24)19(28)23(5)20(29)22(18)4/h8,11H,6-7,9-10H2,1-5H3. The number of fused-ring (bicyclic) bond motifs is 1. The molecule has 0 bridgehead atoms. The van der Waals surface area contributed by atoms with Gasteiger partial charge in [0, 0.05) is 37.6 Å². The third kappa shape index (κ3) is 3.60. The number of imidazole rings is 1. The molecule has 0 aromatic carbocycles. The van der Waals surface area contributed by atoms with Gasteiger partial charge in [-0.05, 0) is 26.3 Å². The summed E-state index contributed by atoms with van der Waals surface area (Å²) in [5.74, 6) is -0.964. The molecular weight excluding hydrogens is 390 g/mol. The van der Waals surface area contributed by atoms with E-state index in [2.05, 4.69) is 16.5 Å². The smallest absolute Gasteiger partial charge is 0.332 e. The van der Waals surface area contributed by atoms with Gasteiger partial charge in [-0.3, -0.25) is 23.5 Å². The average Bonchev–Trinajstić information content (AvgIpc) is 3.25.